The second-order valence-electron chi connectivity index (χ2n) is 5.21. The molecule has 1 aliphatic heterocycles. The van der Waals surface area contributed by atoms with Crippen LogP contribution in [0.1, 0.15) is 6.42 Å². The molecule has 1 unspecified atom stereocenters. The van der Waals surface area contributed by atoms with E-state index in [-0.39, 0.29) is 18.2 Å². The Morgan fingerprint density at radius 2 is 2.09 bits per heavy atom. The van der Waals surface area contributed by atoms with Gasteiger partial charge in [-0.1, -0.05) is 23.7 Å². The molecule has 1 N–H and O–H groups in total. The number of nitrogens with one attached hydrogen (secondary N) is 1. The summed E-state index contributed by atoms with van der Waals surface area (Å²) in [6.45, 7) is 0.348. The van der Waals surface area contributed by atoms with E-state index in [1.54, 1.807) is 17.0 Å². The first-order chi connectivity index (χ1) is 11.0. The zero-order valence-electron chi connectivity index (χ0n) is 12.0. The molecular formula is C16H13BrClN3O2. The van der Waals surface area contributed by atoms with E-state index in [9.17, 15) is 9.59 Å². The topological polar surface area (TPSA) is 62.3 Å². The smallest absolute Gasteiger partial charge is 0.230 e. The number of pyridine rings is 1. The van der Waals surface area contributed by atoms with Crippen LogP contribution in [0.5, 0.6) is 0 Å². The molecule has 118 valence electrons. The highest BCUT2D eigenvalue weighted by Crippen LogP contribution is 2.31. The van der Waals surface area contributed by atoms with Gasteiger partial charge < -0.3 is 10.2 Å². The maximum atomic E-state index is 12.3. The van der Waals surface area contributed by atoms with E-state index in [4.69, 9.17) is 11.6 Å². The van der Waals surface area contributed by atoms with Gasteiger partial charge in [0.1, 0.15) is 5.82 Å². The van der Waals surface area contributed by atoms with Crippen molar-refractivity contribution < 1.29 is 9.59 Å². The SMILES string of the molecule is O=C(Nc1ccc(Cl)cn1)C1CC(=O)N(c2ccccc2Br)C1. The van der Waals surface area contributed by atoms with Crippen LogP contribution in [0.3, 0.4) is 0 Å². The average Bonchev–Trinajstić information content (AvgIpc) is 2.92. The summed E-state index contributed by atoms with van der Waals surface area (Å²) in [5, 5.41) is 3.22. The molecule has 0 saturated carbocycles. The molecule has 1 fully saturated rings. The van der Waals surface area contributed by atoms with Gasteiger partial charge in [-0.15, -0.1) is 0 Å². The number of anilines is 2. The molecule has 7 heteroatoms. The average molecular weight is 395 g/mol. The third kappa shape index (κ3) is 3.54. The van der Waals surface area contributed by atoms with E-state index in [0.29, 0.717) is 17.4 Å². The minimum atomic E-state index is -0.410. The van der Waals surface area contributed by atoms with Crippen molar-refractivity contribution in [3.63, 3.8) is 0 Å². The number of para-hydroxylation sites is 1. The third-order valence-corrected chi connectivity index (χ3v) is 4.51. The first-order valence-electron chi connectivity index (χ1n) is 7.02. The summed E-state index contributed by atoms with van der Waals surface area (Å²) in [6.07, 6.45) is 1.64. The van der Waals surface area contributed by atoms with E-state index < -0.39 is 5.92 Å². The fourth-order valence-electron chi connectivity index (χ4n) is 2.46. The number of rotatable bonds is 3. The number of hydrogen-bond acceptors (Lipinski definition) is 3. The van der Waals surface area contributed by atoms with Gasteiger partial charge in [0.2, 0.25) is 11.8 Å². The van der Waals surface area contributed by atoms with Crippen LogP contribution in [0.15, 0.2) is 47.1 Å². The van der Waals surface area contributed by atoms with E-state index in [2.05, 4.69) is 26.2 Å². The van der Waals surface area contributed by atoms with Gasteiger partial charge in [0.25, 0.3) is 0 Å². The van der Waals surface area contributed by atoms with Crippen molar-refractivity contribution in [3.8, 4) is 0 Å². The van der Waals surface area contributed by atoms with Crippen LogP contribution in [-0.2, 0) is 9.59 Å². The van der Waals surface area contributed by atoms with E-state index >= 15 is 0 Å². The van der Waals surface area contributed by atoms with Gasteiger partial charge in [-0.25, -0.2) is 4.98 Å². The molecule has 0 radical (unpaired) electrons. The van der Waals surface area contributed by atoms with E-state index in [0.717, 1.165) is 10.2 Å². The first-order valence-corrected chi connectivity index (χ1v) is 8.19. The Hall–Kier alpha value is -1.92. The molecule has 2 amide bonds. The summed E-state index contributed by atoms with van der Waals surface area (Å²) in [5.41, 5.74) is 0.775. The summed E-state index contributed by atoms with van der Waals surface area (Å²) in [5.74, 6) is -0.276. The lowest BCUT2D eigenvalue weighted by molar-refractivity contribution is -0.122. The molecular weight excluding hydrogens is 382 g/mol. The Morgan fingerprint density at radius 1 is 1.30 bits per heavy atom. The summed E-state index contributed by atoms with van der Waals surface area (Å²) in [4.78, 5) is 30.2. The second-order valence-corrected chi connectivity index (χ2v) is 6.50. The number of amides is 2. The Balaban J connectivity index is 1.71. The van der Waals surface area contributed by atoms with Crippen LogP contribution in [0.25, 0.3) is 0 Å². The minimum absolute atomic E-state index is 0.0684. The van der Waals surface area contributed by atoms with Crippen molar-refractivity contribution in [2.24, 2.45) is 5.92 Å². The molecule has 5 nitrogen and oxygen atoms in total. The molecule has 2 aromatic rings. The van der Waals surface area contributed by atoms with Crippen molar-refractivity contribution in [1.82, 2.24) is 4.98 Å². The van der Waals surface area contributed by atoms with Crippen molar-refractivity contribution >= 4 is 50.9 Å². The lowest BCUT2D eigenvalue weighted by Gasteiger charge is -2.18. The molecule has 1 atom stereocenters. The molecule has 23 heavy (non-hydrogen) atoms. The van der Waals surface area contributed by atoms with Gasteiger partial charge in [-0.05, 0) is 40.2 Å². The Bertz CT molecular complexity index is 751. The third-order valence-electron chi connectivity index (χ3n) is 3.62. The number of carbonyl (C=O) groups excluding carboxylic acids is 2. The van der Waals surface area contributed by atoms with Gasteiger partial charge in [-0.3, -0.25) is 9.59 Å². The van der Waals surface area contributed by atoms with Crippen LogP contribution >= 0.6 is 27.5 Å². The molecule has 1 aliphatic rings. The van der Waals surface area contributed by atoms with Crippen LogP contribution in [0.2, 0.25) is 5.02 Å². The van der Waals surface area contributed by atoms with Crippen LogP contribution < -0.4 is 10.2 Å². The van der Waals surface area contributed by atoms with Crippen LogP contribution in [0.4, 0.5) is 11.5 Å². The highest BCUT2D eigenvalue weighted by Gasteiger charge is 2.35. The number of carbonyl (C=O) groups is 2. The number of halogens is 2. The standard InChI is InChI=1S/C16H13BrClN3O2/c17-12-3-1-2-4-13(12)21-9-10(7-15(21)22)16(23)20-14-6-5-11(18)8-19-14/h1-6,8,10H,7,9H2,(H,19,20,23). The molecule has 3 rings (SSSR count). The lowest BCUT2D eigenvalue weighted by atomic mass is 10.1. The molecule has 0 aliphatic carbocycles. The first kappa shape index (κ1) is 16.0. The molecule has 0 bridgehead atoms. The van der Waals surface area contributed by atoms with Gasteiger partial charge in [0.05, 0.1) is 16.6 Å². The Kier molecular flexibility index (Phi) is 4.63. The minimum Gasteiger partial charge on any atom is -0.310 e. The highest BCUT2D eigenvalue weighted by atomic mass is 79.9. The largest absolute Gasteiger partial charge is 0.310 e. The van der Waals surface area contributed by atoms with Crippen LogP contribution in [-0.4, -0.2) is 23.3 Å². The van der Waals surface area contributed by atoms with Gasteiger partial charge >= 0.3 is 0 Å². The molecule has 0 spiro atoms. The molecule has 1 aromatic heterocycles. The van der Waals surface area contributed by atoms with Crippen molar-refractivity contribution in [3.05, 3.63) is 52.1 Å². The van der Waals surface area contributed by atoms with E-state index in [1.807, 2.05) is 24.3 Å². The fraction of sp³-hybridized carbons (Fsp3) is 0.188. The van der Waals surface area contributed by atoms with E-state index in [1.165, 1.54) is 6.20 Å². The zero-order valence-corrected chi connectivity index (χ0v) is 14.3. The van der Waals surface area contributed by atoms with Gasteiger partial charge in [-0.2, -0.15) is 0 Å². The summed E-state index contributed by atoms with van der Waals surface area (Å²) < 4.78 is 0.828. The second kappa shape index (κ2) is 6.68. The molecule has 2 heterocycles. The highest BCUT2D eigenvalue weighted by molar-refractivity contribution is 9.10. The van der Waals surface area contributed by atoms with Crippen LogP contribution in [0, 0.1) is 5.92 Å². The zero-order chi connectivity index (χ0) is 16.4. The lowest BCUT2D eigenvalue weighted by Crippen LogP contribution is -2.28. The summed E-state index contributed by atoms with van der Waals surface area (Å²) in [6, 6.07) is 10.7. The van der Waals surface area contributed by atoms with Gasteiger partial charge in [0.15, 0.2) is 0 Å². The van der Waals surface area contributed by atoms with Gasteiger partial charge in [0, 0.05) is 23.6 Å². The van der Waals surface area contributed by atoms with Crippen molar-refractivity contribution in [2.45, 2.75) is 6.42 Å². The number of benzene rings is 1. The predicted octanol–water partition coefficient (Wildman–Crippen LogP) is 3.49. The van der Waals surface area contributed by atoms with Crippen molar-refractivity contribution in [2.75, 3.05) is 16.8 Å². The Labute approximate surface area is 146 Å². The maximum Gasteiger partial charge on any atom is 0.230 e. The summed E-state index contributed by atoms with van der Waals surface area (Å²) >= 11 is 9.20. The summed E-state index contributed by atoms with van der Waals surface area (Å²) in [7, 11) is 0. The molecule has 1 aromatic carbocycles. The fourth-order valence-corrected chi connectivity index (χ4v) is 3.08. The normalized spacial score (nSPS) is 17.4. The monoisotopic (exact) mass is 393 g/mol. The molecule has 1 saturated heterocycles. The number of aromatic nitrogens is 1. The predicted molar refractivity (Wildman–Crippen MR) is 92.5 cm³/mol. The van der Waals surface area contributed by atoms with Crippen molar-refractivity contribution in [1.29, 1.82) is 0 Å². The Morgan fingerprint density at radius 3 is 2.78 bits per heavy atom. The quantitative estimate of drug-likeness (QED) is 0.867. The number of nitrogens with zero attached hydrogens (tertiary/aromatic N) is 2. The maximum absolute atomic E-state index is 12.3. The number of hydrogen-bond donors (Lipinski definition) is 1.